The fourth-order valence-corrected chi connectivity index (χ4v) is 2.54. The zero-order valence-corrected chi connectivity index (χ0v) is 14.1. The van der Waals surface area contributed by atoms with Crippen LogP contribution in [0.3, 0.4) is 0 Å². The Kier molecular flexibility index (Phi) is 5.75. The van der Waals surface area contributed by atoms with Gasteiger partial charge in [0.1, 0.15) is 11.6 Å². The highest BCUT2D eigenvalue weighted by Crippen LogP contribution is 2.26. The van der Waals surface area contributed by atoms with E-state index in [2.05, 4.69) is 11.9 Å². The molecule has 1 aromatic carbocycles. The highest BCUT2D eigenvalue weighted by atomic mass is 19.1. The van der Waals surface area contributed by atoms with Crippen LogP contribution in [0.15, 0.2) is 60.2 Å². The number of halogens is 2. The average Bonchev–Trinajstić information content (AvgIpc) is 2.55. The van der Waals surface area contributed by atoms with Gasteiger partial charge in [-0.1, -0.05) is 18.7 Å². The number of benzene rings is 1. The monoisotopic (exact) mass is 346 g/mol. The van der Waals surface area contributed by atoms with Crippen molar-refractivity contribution in [3.8, 4) is 0 Å². The number of hydrogen-bond donors (Lipinski definition) is 2. The van der Waals surface area contributed by atoms with E-state index in [1.54, 1.807) is 43.2 Å². The van der Waals surface area contributed by atoms with E-state index in [9.17, 15) is 18.7 Å². The molecule has 0 saturated carbocycles. The van der Waals surface area contributed by atoms with Gasteiger partial charge in [0.05, 0.1) is 17.8 Å². The molecule has 0 spiro atoms. The first kappa shape index (κ1) is 18.4. The number of carboxylic acids is 1. The van der Waals surface area contributed by atoms with Crippen LogP contribution in [0.25, 0.3) is 0 Å². The van der Waals surface area contributed by atoms with Gasteiger partial charge in [0.2, 0.25) is 0 Å². The summed E-state index contributed by atoms with van der Waals surface area (Å²) in [6, 6.07) is 2.59. The fraction of sp³-hybridized carbons (Fsp3) is 0.211. The lowest BCUT2D eigenvalue weighted by molar-refractivity contribution is -0.136. The van der Waals surface area contributed by atoms with E-state index in [0.29, 0.717) is 22.7 Å². The van der Waals surface area contributed by atoms with Crippen molar-refractivity contribution in [2.75, 3.05) is 0 Å². The van der Waals surface area contributed by atoms with E-state index in [1.807, 2.05) is 0 Å². The molecule has 132 valence electrons. The zero-order valence-electron chi connectivity index (χ0n) is 14.1. The van der Waals surface area contributed by atoms with Crippen molar-refractivity contribution in [1.29, 1.82) is 0 Å². The number of aryl methyl sites for hydroxylation is 1. The Labute approximate surface area is 145 Å². The molecule has 2 rings (SSSR count). The second kappa shape index (κ2) is 7.79. The fourth-order valence-electron chi connectivity index (χ4n) is 2.54. The molecule has 0 atom stereocenters. The van der Waals surface area contributed by atoms with Crippen LogP contribution in [-0.2, 0) is 11.3 Å². The van der Waals surface area contributed by atoms with Gasteiger partial charge < -0.3 is 15.3 Å². The molecule has 1 aliphatic heterocycles. The van der Waals surface area contributed by atoms with Crippen LogP contribution in [0, 0.1) is 18.6 Å². The molecule has 4 nitrogen and oxygen atoms in total. The summed E-state index contributed by atoms with van der Waals surface area (Å²) < 4.78 is 28.0. The van der Waals surface area contributed by atoms with Gasteiger partial charge >= 0.3 is 5.97 Å². The molecule has 0 aromatic heterocycles. The van der Waals surface area contributed by atoms with Crippen molar-refractivity contribution in [1.82, 2.24) is 10.2 Å². The quantitative estimate of drug-likeness (QED) is 0.818. The third-order valence-electron chi connectivity index (χ3n) is 3.81. The Morgan fingerprint density at radius 1 is 1.36 bits per heavy atom. The maximum absolute atomic E-state index is 14.1. The predicted octanol–water partition coefficient (Wildman–Crippen LogP) is 3.97. The molecule has 1 heterocycles. The summed E-state index contributed by atoms with van der Waals surface area (Å²) in [7, 11) is 0. The lowest BCUT2D eigenvalue weighted by Gasteiger charge is -2.29. The molecule has 0 amide bonds. The van der Waals surface area contributed by atoms with E-state index in [0.717, 1.165) is 0 Å². The van der Waals surface area contributed by atoms with Crippen LogP contribution in [0.4, 0.5) is 8.78 Å². The minimum Gasteiger partial charge on any atom is -0.481 e. The summed E-state index contributed by atoms with van der Waals surface area (Å²) in [5.41, 5.74) is 1.80. The molecular formula is C19H20F2N2O2. The summed E-state index contributed by atoms with van der Waals surface area (Å²) in [4.78, 5) is 12.8. The van der Waals surface area contributed by atoms with Gasteiger partial charge in [0.25, 0.3) is 0 Å². The summed E-state index contributed by atoms with van der Waals surface area (Å²) in [5.74, 6) is -2.27. The van der Waals surface area contributed by atoms with Crippen molar-refractivity contribution in [3.05, 3.63) is 83.0 Å². The van der Waals surface area contributed by atoms with Crippen molar-refractivity contribution in [2.45, 2.75) is 26.8 Å². The lowest BCUT2D eigenvalue weighted by Crippen LogP contribution is -2.27. The van der Waals surface area contributed by atoms with Crippen LogP contribution in [0.2, 0.25) is 0 Å². The molecule has 1 aromatic rings. The van der Waals surface area contributed by atoms with Crippen molar-refractivity contribution < 1.29 is 18.7 Å². The largest absolute Gasteiger partial charge is 0.481 e. The number of nitrogens with one attached hydrogen (secondary N) is 1. The SMILES string of the molecule is C=C1C=CC(NCc2c(F)ccc(C)c2F)=C(CC(=O)O)N1/C=C\C. The number of carboxylic acid groups (broad SMARTS) is 1. The molecule has 25 heavy (non-hydrogen) atoms. The van der Waals surface area contributed by atoms with Crippen LogP contribution in [-0.4, -0.2) is 16.0 Å². The third-order valence-corrected chi connectivity index (χ3v) is 3.81. The van der Waals surface area contributed by atoms with E-state index < -0.39 is 17.6 Å². The maximum Gasteiger partial charge on any atom is 0.309 e. The maximum atomic E-state index is 14.1. The normalized spacial score (nSPS) is 14.6. The first-order chi connectivity index (χ1) is 11.8. The minimum atomic E-state index is -1.01. The van der Waals surface area contributed by atoms with Crippen molar-refractivity contribution in [2.24, 2.45) is 0 Å². The molecular weight excluding hydrogens is 326 g/mol. The zero-order chi connectivity index (χ0) is 18.6. The van der Waals surface area contributed by atoms with E-state index in [4.69, 9.17) is 0 Å². The highest BCUT2D eigenvalue weighted by molar-refractivity contribution is 5.71. The van der Waals surface area contributed by atoms with Crippen molar-refractivity contribution >= 4 is 5.97 Å². The lowest BCUT2D eigenvalue weighted by atomic mass is 10.1. The standard InChI is InChI=1S/C19H20F2N2O2/c1-4-9-23-13(3)6-8-16(17(23)10-18(24)25)22-11-14-15(20)7-5-12(2)19(14)21/h4-9,22H,3,10-11H2,1-2H3,(H,24,25)/b9-4-. The minimum absolute atomic E-state index is 0.0856. The molecule has 6 heteroatoms. The summed E-state index contributed by atoms with van der Waals surface area (Å²) in [6.07, 6.45) is 6.56. The Bertz CT molecular complexity index is 795. The molecule has 0 saturated heterocycles. The average molecular weight is 346 g/mol. The highest BCUT2D eigenvalue weighted by Gasteiger charge is 2.21. The van der Waals surface area contributed by atoms with Crippen LogP contribution in [0.5, 0.6) is 0 Å². The van der Waals surface area contributed by atoms with Crippen LogP contribution in [0.1, 0.15) is 24.5 Å². The Morgan fingerprint density at radius 3 is 2.72 bits per heavy atom. The van der Waals surface area contributed by atoms with E-state index in [1.165, 1.54) is 12.1 Å². The Balaban J connectivity index is 2.35. The summed E-state index contributed by atoms with van der Waals surface area (Å²) in [6.45, 7) is 7.14. The summed E-state index contributed by atoms with van der Waals surface area (Å²) in [5, 5.41) is 12.1. The molecule has 0 radical (unpaired) electrons. The number of aliphatic carboxylic acids is 1. The van der Waals surface area contributed by atoms with Gasteiger partial charge in [-0.15, -0.1) is 0 Å². The van der Waals surface area contributed by atoms with Crippen LogP contribution >= 0.6 is 0 Å². The predicted molar refractivity (Wildman–Crippen MR) is 92.1 cm³/mol. The third kappa shape index (κ3) is 4.15. The molecule has 0 bridgehead atoms. The van der Waals surface area contributed by atoms with Gasteiger partial charge in [0.15, 0.2) is 0 Å². The number of rotatable bonds is 6. The second-order valence-corrected chi connectivity index (χ2v) is 5.62. The second-order valence-electron chi connectivity index (χ2n) is 5.62. The van der Waals surface area contributed by atoms with Crippen molar-refractivity contribution in [3.63, 3.8) is 0 Å². The van der Waals surface area contributed by atoms with Gasteiger partial charge in [-0.25, -0.2) is 8.78 Å². The van der Waals surface area contributed by atoms with Gasteiger partial charge in [0, 0.05) is 24.0 Å². The number of nitrogens with zero attached hydrogens (tertiary/aromatic N) is 1. The topological polar surface area (TPSA) is 52.6 Å². The molecule has 0 aliphatic carbocycles. The molecule has 1 aliphatic rings. The van der Waals surface area contributed by atoms with Gasteiger partial charge in [-0.3, -0.25) is 4.79 Å². The van der Waals surface area contributed by atoms with Gasteiger partial charge in [-0.2, -0.15) is 0 Å². The van der Waals surface area contributed by atoms with E-state index >= 15 is 0 Å². The first-order valence-electron chi connectivity index (χ1n) is 7.76. The molecule has 0 fully saturated rings. The van der Waals surface area contributed by atoms with E-state index in [-0.39, 0.29) is 18.5 Å². The Hall–Kier alpha value is -2.89. The molecule has 2 N–H and O–H groups in total. The smallest absolute Gasteiger partial charge is 0.309 e. The first-order valence-corrected chi connectivity index (χ1v) is 7.76. The summed E-state index contributed by atoms with van der Waals surface area (Å²) >= 11 is 0. The number of carbonyl (C=O) groups is 1. The Morgan fingerprint density at radius 2 is 2.08 bits per heavy atom. The number of hydrogen-bond acceptors (Lipinski definition) is 3. The number of allylic oxidation sites excluding steroid dienone is 3. The van der Waals surface area contributed by atoms with Gasteiger partial charge in [-0.05, 0) is 37.6 Å². The van der Waals surface area contributed by atoms with Crippen LogP contribution < -0.4 is 5.32 Å². The molecule has 0 unspecified atom stereocenters.